The van der Waals surface area contributed by atoms with Crippen molar-refractivity contribution in [3.8, 4) is 0 Å². The molecule has 82 valence electrons. The molecule has 0 saturated heterocycles. The van der Waals surface area contributed by atoms with Gasteiger partial charge in [-0.2, -0.15) is 0 Å². The Morgan fingerprint density at radius 1 is 1.53 bits per heavy atom. The van der Waals surface area contributed by atoms with Gasteiger partial charge in [0.2, 0.25) is 0 Å². The number of halogens is 2. The molecule has 0 bridgehead atoms. The maximum Gasteiger partial charge on any atom is 0.162 e. The molecule has 1 aromatic rings. The third kappa shape index (κ3) is 3.98. The van der Waals surface area contributed by atoms with Crippen LogP contribution in [0.25, 0.3) is 0 Å². The molecule has 0 radical (unpaired) electrons. The lowest BCUT2D eigenvalue weighted by molar-refractivity contribution is -0.122. The van der Waals surface area contributed by atoms with Gasteiger partial charge in [0.1, 0.15) is 12.4 Å². The van der Waals surface area contributed by atoms with Gasteiger partial charge in [-0.05, 0) is 24.6 Å². The molecule has 0 amide bonds. The average Bonchev–Trinajstić information content (AvgIpc) is 2.20. The summed E-state index contributed by atoms with van der Waals surface area (Å²) in [6.07, 6.45) is 0.175. The number of ether oxygens (including phenoxy) is 1. The van der Waals surface area contributed by atoms with Crippen LogP contribution in [0.3, 0.4) is 0 Å². The highest BCUT2D eigenvalue weighted by molar-refractivity contribution is 6.30. The highest BCUT2D eigenvalue weighted by Gasteiger charge is 2.06. The van der Waals surface area contributed by atoms with Crippen molar-refractivity contribution in [3.63, 3.8) is 0 Å². The fourth-order valence-electron chi connectivity index (χ4n) is 1.14. The van der Waals surface area contributed by atoms with Crippen LogP contribution in [0.5, 0.6) is 0 Å². The monoisotopic (exact) mass is 230 g/mol. The predicted octanol–water partition coefficient (Wildman–Crippen LogP) is 2.63. The van der Waals surface area contributed by atoms with Crippen molar-refractivity contribution in [1.82, 2.24) is 0 Å². The number of Topliss-reactive ketones (excluding diaryl/α,β-unsaturated/α-hetero) is 1. The largest absolute Gasteiger partial charge is 0.374 e. The Hall–Kier alpha value is -0.930. The summed E-state index contributed by atoms with van der Waals surface area (Å²) in [5.41, 5.74) is 0.613. The van der Waals surface area contributed by atoms with Gasteiger partial charge in [-0.3, -0.25) is 4.79 Å². The van der Waals surface area contributed by atoms with Gasteiger partial charge < -0.3 is 4.74 Å². The lowest BCUT2D eigenvalue weighted by Crippen LogP contribution is -2.11. The van der Waals surface area contributed by atoms with E-state index in [2.05, 4.69) is 0 Å². The van der Waals surface area contributed by atoms with E-state index >= 15 is 0 Å². The second kappa shape index (κ2) is 5.83. The highest BCUT2D eigenvalue weighted by atomic mass is 35.5. The molecule has 0 unspecified atom stereocenters. The van der Waals surface area contributed by atoms with E-state index < -0.39 is 5.82 Å². The number of carbonyl (C=O) groups is 1. The molecule has 0 aliphatic carbocycles. The molecule has 2 nitrogen and oxygen atoms in total. The number of hydrogen-bond donors (Lipinski definition) is 0. The predicted molar refractivity (Wildman–Crippen MR) is 56.6 cm³/mol. The van der Waals surface area contributed by atoms with E-state index in [9.17, 15) is 9.18 Å². The third-order valence-electron chi connectivity index (χ3n) is 1.85. The van der Waals surface area contributed by atoms with Crippen molar-refractivity contribution in [2.75, 3.05) is 13.2 Å². The second-order valence-electron chi connectivity index (χ2n) is 3.10. The van der Waals surface area contributed by atoms with Gasteiger partial charge in [-0.1, -0.05) is 17.7 Å². The molecular weight excluding hydrogens is 219 g/mol. The Labute approximate surface area is 93.0 Å². The molecular formula is C11H12ClFO2. The SMILES string of the molecule is CCOCC(=O)Cc1ccc(Cl)c(F)c1. The van der Waals surface area contributed by atoms with Crippen LogP contribution in [-0.4, -0.2) is 19.0 Å². The van der Waals surface area contributed by atoms with Crippen molar-refractivity contribution < 1.29 is 13.9 Å². The molecule has 15 heavy (non-hydrogen) atoms. The molecule has 0 saturated carbocycles. The van der Waals surface area contributed by atoms with Crippen LogP contribution >= 0.6 is 11.6 Å². The van der Waals surface area contributed by atoms with Crippen LogP contribution in [0.15, 0.2) is 18.2 Å². The Balaban J connectivity index is 2.57. The summed E-state index contributed by atoms with van der Waals surface area (Å²) in [4.78, 5) is 11.3. The molecule has 0 spiro atoms. The lowest BCUT2D eigenvalue weighted by Gasteiger charge is -2.02. The van der Waals surface area contributed by atoms with Crippen molar-refractivity contribution >= 4 is 17.4 Å². The Morgan fingerprint density at radius 2 is 2.27 bits per heavy atom. The average molecular weight is 231 g/mol. The minimum absolute atomic E-state index is 0.0657. The Morgan fingerprint density at radius 3 is 2.87 bits per heavy atom. The van der Waals surface area contributed by atoms with E-state index in [1.807, 2.05) is 6.92 Å². The van der Waals surface area contributed by atoms with Gasteiger partial charge in [0.05, 0.1) is 5.02 Å². The summed E-state index contributed by atoms with van der Waals surface area (Å²) < 4.78 is 18.0. The molecule has 4 heteroatoms. The first kappa shape index (κ1) is 12.1. The van der Waals surface area contributed by atoms with E-state index in [0.717, 1.165) is 0 Å². The molecule has 0 fully saturated rings. The van der Waals surface area contributed by atoms with E-state index in [-0.39, 0.29) is 23.8 Å². The van der Waals surface area contributed by atoms with Gasteiger partial charge >= 0.3 is 0 Å². The minimum atomic E-state index is -0.502. The standard InChI is InChI=1S/C11H12ClFO2/c1-2-15-7-9(14)5-8-3-4-10(12)11(13)6-8/h3-4,6H,2,5,7H2,1H3. The van der Waals surface area contributed by atoms with Crippen molar-refractivity contribution in [2.45, 2.75) is 13.3 Å². The number of hydrogen-bond acceptors (Lipinski definition) is 2. The normalized spacial score (nSPS) is 10.3. The summed E-state index contributed by atoms with van der Waals surface area (Å²) in [5.74, 6) is -0.572. The van der Waals surface area contributed by atoms with Crippen molar-refractivity contribution in [1.29, 1.82) is 0 Å². The van der Waals surface area contributed by atoms with Gasteiger partial charge in [-0.25, -0.2) is 4.39 Å². The first-order chi connectivity index (χ1) is 7.13. The lowest BCUT2D eigenvalue weighted by atomic mass is 10.1. The van der Waals surface area contributed by atoms with E-state index in [1.165, 1.54) is 12.1 Å². The first-order valence-corrected chi connectivity index (χ1v) is 5.04. The van der Waals surface area contributed by atoms with Crippen LogP contribution in [-0.2, 0) is 16.0 Å². The zero-order valence-corrected chi connectivity index (χ0v) is 9.18. The molecule has 0 aliphatic rings. The first-order valence-electron chi connectivity index (χ1n) is 4.67. The number of carbonyl (C=O) groups excluding carboxylic acids is 1. The molecule has 0 heterocycles. The zero-order chi connectivity index (χ0) is 11.3. The quantitative estimate of drug-likeness (QED) is 0.777. The van der Waals surface area contributed by atoms with E-state index in [1.54, 1.807) is 6.07 Å². The van der Waals surface area contributed by atoms with Crippen LogP contribution in [0, 0.1) is 5.82 Å². The number of rotatable bonds is 5. The summed E-state index contributed by atoms with van der Waals surface area (Å²) in [7, 11) is 0. The maximum absolute atomic E-state index is 13.0. The number of benzene rings is 1. The molecule has 0 aliphatic heterocycles. The van der Waals surface area contributed by atoms with E-state index in [0.29, 0.717) is 12.2 Å². The smallest absolute Gasteiger partial charge is 0.162 e. The van der Waals surface area contributed by atoms with Gasteiger partial charge in [0.15, 0.2) is 5.78 Å². The van der Waals surface area contributed by atoms with Crippen molar-refractivity contribution in [3.05, 3.63) is 34.6 Å². The fourth-order valence-corrected chi connectivity index (χ4v) is 1.26. The van der Waals surface area contributed by atoms with Crippen molar-refractivity contribution in [2.24, 2.45) is 0 Å². The maximum atomic E-state index is 13.0. The summed E-state index contributed by atoms with van der Waals surface area (Å²) >= 11 is 5.52. The third-order valence-corrected chi connectivity index (χ3v) is 2.16. The molecule has 0 atom stereocenters. The van der Waals surface area contributed by atoms with Gasteiger partial charge in [0.25, 0.3) is 0 Å². The topological polar surface area (TPSA) is 26.3 Å². The van der Waals surface area contributed by atoms with Crippen LogP contribution in [0.2, 0.25) is 5.02 Å². The Bertz CT molecular complexity index is 352. The van der Waals surface area contributed by atoms with Gasteiger partial charge in [-0.15, -0.1) is 0 Å². The molecule has 1 aromatic carbocycles. The summed E-state index contributed by atoms with van der Waals surface area (Å²) in [6, 6.07) is 4.35. The number of ketones is 1. The summed E-state index contributed by atoms with van der Waals surface area (Å²) in [6.45, 7) is 2.39. The molecule has 1 rings (SSSR count). The second-order valence-corrected chi connectivity index (χ2v) is 3.51. The van der Waals surface area contributed by atoms with Crippen LogP contribution in [0.4, 0.5) is 4.39 Å². The fraction of sp³-hybridized carbons (Fsp3) is 0.364. The van der Waals surface area contributed by atoms with Crippen LogP contribution < -0.4 is 0 Å². The Kier molecular flexibility index (Phi) is 4.72. The minimum Gasteiger partial charge on any atom is -0.374 e. The van der Waals surface area contributed by atoms with E-state index in [4.69, 9.17) is 16.3 Å². The highest BCUT2D eigenvalue weighted by Crippen LogP contribution is 2.15. The zero-order valence-electron chi connectivity index (χ0n) is 8.43. The molecule has 0 N–H and O–H groups in total. The van der Waals surface area contributed by atoms with Crippen LogP contribution in [0.1, 0.15) is 12.5 Å². The van der Waals surface area contributed by atoms with Gasteiger partial charge in [0, 0.05) is 13.0 Å². The summed E-state index contributed by atoms with van der Waals surface area (Å²) in [5, 5.41) is 0.0657. The molecule has 0 aromatic heterocycles.